The van der Waals surface area contributed by atoms with Crippen LogP contribution in [0, 0.1) is 19.8 Å². The Bertz CT molecular complexity index is 435. The molecular weight excluding hydrogens is 212 g/mol. The van der Waals surface area contributed by atoms with Gasteiger partial charge in [0, 0.05) is 5.70 Å². The molecule has 0 aliphatic heterocycles. The molecule has 0 amide bonds. The highest BCUT2D eigenvalue weighted by atomic mass is 16.5. The van der Waals surface area contributed by atoms with E-state index < -0.39 is 0 Å². The SMILES string of the molecule is C=CC(=NC(=C)C(C)CC)c1c(C)noc1C. The van der Waals surface area contributed by atoms with E-state index in [1.165, 1.54) is 0 Å². The highest BCUT2D eigenvalue weighted by Crippen LogP contribution is 2.19. The predicted octanol–water partition coefficient (Wildman–Crippen LogP) is 3.83. The average Bonchev–Trinajstić information content (AvgIpc) is 2.65. The van der Waals surface area contributed by atoms with Crippen LogP contribution in [0.1, 0.15) is 37.3 Å². The van der Waals surface area contributed by atoms with Crippen molar-refractivity contribution < 1.29 is 4.52 Å². The van der Waals surface area contributed by atoms with Crippen LogP contribution in [-0.2, 0) is 0 Å². The number of aryl methyl sites for hydroxylation is 2. The van der Waals surface area contributed by atoms with Crippen molar-refractivity contribution in [1.29, 1.82) is 0 Å². The van der Waals surface area contributed by atoms with E-state index in [0.29, 0.717) is 5.92 Å². The lowest BCUT2D eigenvalue weighted by molar-refractivity contribution is 0.393. The van der Waals surface area contributed by atoms with Gasteiger partial charge in [-0.3, -0.25) is 4.99 Å². The number of nitrogens with zero attached hydrogens (tertiary/aromatic N) is 2. The Morgan fingerprint density at radius 2 is 2.18 bits per heavy atom. The second kappa shape index (κ2) is 5.62. The maximum Gasteiger partial charge on any atom is 0.143 e. The van der Waals surface area contributed by atoms with Crippen LogP contribution in [0.2, 0.25) is 0 Å². The van der Waals surface area contributed by atoms with Gasteiger partial charge in [0.05, 0.1) is 17.0 Å². The molecule has 0 fully saturated rings. The third-order valence-corrected chi connectivity index (χ3v) is 2.93. The summed E-state index contributed by atoms with van der Waals surface area (Å²) in [6, 6.07) is 0. The lowest BCUT2D eigenvalue weighted by atomic mass is 10.0. The molecule has 1 aromatic heterocycles. The summed E-state index contributed by atoms with van der Waals surface area (Å²) >= 11 is 0. The van der Waals surface area contributed by atoms with E-state index in [1.807, 2.05) is 13.8 Å². The van der Waals surface area contributed by atoms with Crippen LogP contribution < -0.4 is 0 Å². The standard InChI is InChI=1S/C14H20N2O/c1-7-9(3)10(4)15-13(8-2)14-11(5)16-17-12(14)6/h8-9H,2,4,7H2,1,3,5-6H3. The number of hydrogen-bond acceptors (Lipinski definition) is 3. The molecule has 0 aliphatic carbocycles. The summed E-state index contributed by atoms with van der Waals surface area (Å²) in [5.74, 6) is 1.13. The largest absolute Gasteiger partial charge is 0.361 e. The third-order valence-electron chi connectivity index (χ3n) is 2.93. The molecule has 3 heteroatoms. The minimum absolute atomic E-state index is 0.366. The van der Waals surface area contributed by atoms with E-state index in [1.54, 1.807) is 6.08 Å². The van der Waals surface area contributed by atoms with Crippen LogP contribution in [0.4, 0.5) is 0 Å². The Labute approximate surface area is 103 Å². The Hall–Kier alpha value is -1.64. The fraction of sp³-hybridized carbons (Fsp3) is 0.429. The van der Waals surface area contributed by atoms with E-state index in [2.05, 4.69) is 37.2 Å². The van der Waals surface area contributed by atoms with Crippen molar-refractivity contribution >= 4 is 5.71 Å². The van der Waals surface area contributed by atoms with Crippen LogP contribution in [0.25, 0.3) is 0 Å². The maximum atomic E-state index is 5.14. The second-order valence-corrected chi connectivity index (χ2v) is 4.20. The van der Waals surface area contributed by atoms with Gasteiger partial charge in [-0.25, -0.2) is 0 Å². The number of aliphatic imine (C=N–C) groups is 1. The summed E-state index contributed by atoms with van der Waals surface area (Å²) in [6.07, 6.45) is 2.74. The highest BCUT2D eigenvalue weighted by Gasteiger charge is 2.14. The van der Waals surface area contributed by atoms with Crippen molar-refractivity contribution in [3.63, 3.8) is 0 Å². The van der Waals surface area contributed by atoms with Crippen molar-refractivity contribution in [2.75, 3.05) is 0 Å². The molecule has 1 aromatic rings. The van der Waals surface area contributed by atoms with E-state index in [9.17, 15) is 0 Å². The number of rotatable bonds is 5. The topological polar surface area (TPSA) is 38.4 Å². The first-order valence-corrected chi connectivity index (χ1v) is 5.84. The Morgan fingerprint density at radius 1 is 1.53 bits per heavy atom. The summed E-state index contributed by atoms with van der Waals surface area (Å²) in [5, 5.41) is 3.92. The van der Waals surface area contributed by atoms with Crippen LogP contribution in [0.3, 0.4) is 0 Å². The Balaban J connectivity index is 3.12. The quantitative estimate of drug-likeness (QED) is 0.724. The first kappa shape index (κ1) is 13.4. The molecule has 3 nitrogen and oxygen atoms in total. The highest BCUT2D eigenvalue weighted by molar-refractivity contribution is 6.10. The number of aromatic nitrogens is 1. The van der Waals surface area contributed by atoms with Crippen molar-refractivity contribution in [3.8, 4) is 0 Å². The van der Waals surface area contributed by atoms with Crippen molar-refractivity contribution in [1.82, 2.24) is 5.16 Å². The van der Waals surface area contributed by atoms with Gasteiger partial charge in [0.1, 0.15) is 5.76 Å². The number of hydrogen-bond donors (Lipinski definition) is 0. The third kappa shape index (κ3) is 2.93. The van der Waals surface area contributed by atoms with Gasteiger partial charge in [-0.1, -0.05) is 32.2 Å². The number of allylic oxidation sites excluding steroid dienone is 2. The monoisotopic (exact) mass is 232 g/mol. The van der Waals surface area contributed by atoms with Gasteiger partial charge in [-0.2, -0.15) is 0 Å². The van der Waals surface area contributed by atoms with E-state index >= 15 is 0 Å². The Morgan fingerprint density at radius 3 is 2.59 bits per heavy atom. The van der Waals surface area contributed by atoms with Crippen LogP contribution in [0.15, 0.2) is 34.4 Å². The van der Waals surface area contributed by atoms with Gasteiger partial charge in [0.25, 0.3) is 0 Å². The molecule has 17 heavy (non-hydrogen) atoms. The predicted molar refractivity (Wildman–Crippen MR) is 71.3 cm³/mol. The summed E-state index contributed by atoms with van der Waals surface area (Å²) in [7, 11) is 0. The average molecular weight is 232 g/mol. The molecule has 92 valence electrons. The molecule has 0 aliphatic rings. The van der Waals surface area contributed by atoms with Crippen molar-refractivity contribution in [2.45, 2.75) is 34.1 Å². The fourth-order valence-corrected chi connectivity index (χ4v) is 1.55. The molecule has 0 spiro atoms. The molecule has 0 aromatic carbocycles. The summed E-state index contributed by atoms with van der Waals surface area (Å²) in [4.78, 5) is 4.53. The summed E-state index contributed by atoms with van der Waals surface area (Å²) in [5.41, 5.74) is 3.40. The van der Waals surface area contributed by atoms with Gasteiger partial charge >= 0.3 is 0 Å². The Kier molecular flexibility index (Phi) is 4.44. The molecule has 1 unspecified atom stereocenters. The molecule has 0 saturated heterocycles. The zero-order chi connectivity index (χ0) is 13.0. The molecular formula is C14H20N2O. The van der Waals surface area contributed by atoms with Gasteiger partial charge in [-0.05, 0) is 32.3 Å². The fourth-order valence-electron chi connectivity index (χ4n) is 1.55. The van der Waals surface area contributed by atoms with Crippen molar-refractivity contribution in [3.05, 3.63) is 41.9 Å². The maximum absolute atomic E-state index is 5.14. The van der Waals surface area contributed by atoms with E-state index in [0.717, 1.165) is 34.8 Å². The molecule has 1 atom stereocenters. The van der Waals surface area contributed by atoms with Crippen LogP contribution in [-0.4, -0.2) is 10.9 Å². The normalized spacial score (nSPS) is 13.5. The second-order valence-electron chi connectivity index (χ2n) is 4.20. The van der Waals surface area contributed by atoms with Gasteiger partial charge in [0.2, 0.25) is 0 Å². The van der Waals surface area contributed by atoms with Gasteiger partial charge < -0.3 is 4.52 Å². The van der Waals surface area contributed by atoms with Crippen LogP contribution in [0.5, 0.6) is 0 Å². The molecule has 0 bridgehead atoms. The molecule has 1 heterocycles. The van der Waals surface area contributed by atoms with Gasteiger partial charge in [-0.15, -0.1) is 0 Å². The molecule has 0 saturated carbocycles. The molecule has 0 radical (unpaired) electrons. The first-order valence-electron chi connectivity index (χ1n) is 5.84. The summed E-state index contributed by atoms with van der Waals surface area (Å²) in [6.45, 7) is 15.8. The minimum atomic E-state index is 0.366. The van der Waals surface area contributed by atoms with Crippen molar-refractivity contribution in [2.24, 2.45) is 10.9 Å². The van der Waals surface area contributed by atoms with E-state index in [4.69, 9.17) is 4.52 Å². The summed E-state index contributed by atoms with van der Waals surface area (Å²) < 4.78 is 5.14. The zero-order valence-electron chi connectivity index (χ0n) is 11.1. The minimum Gasteiger partial charge on any atom is -0.361 e. The molecule has 1 rings (SSSR count). The lowest BCUT2D eigenvalue weighted by Crippen LogP contribution is -2.03. The zero-order valence-corrected chi connectivity index (χ0v) is 11.1. The smallest absolute Gasteiger partial charge is 0.143 e. The van der Waals surface area contributed by atoms with E-state index in [-0.39, 0.29) is 0 Å². The molecule has 0 N–H and O–H groups in total. The van der Waals surface area contributed by atoms with Crippen LogP contribution >= 0.6 is 0 Å². The first-order chi connectivity index (χ1) is 8.01. The lowest BCUT2D eigenvalue weighted by Gasteiger charge is -2.09. The van der Waals surface area contributed by atoms with Gasteiger partial charge in [0.15, 0.2) is 0 Å².